The molecule has 0 spiro atoms. The SMILES string of the molecule is [2H]C([2H])(NC(=O)CC[C@@H](C)[C@H]1CC[C@H]2[C@@H]3[C@H](O)C[C@@H]4C[C@H](O)CC[C@]4(C)[C@H]3CC[C@]12C)C([2H])([2H])S(=O)(=O)[O-].[Na+]. The van der Waals surface area contributed by atoms with E-state index in [2.05, 4.69) is 20.8 Å². The zero-order valence-corrected chi connectivity index (χ0v) is 24.4. The van der Waals surface area contributed by atoms with Crippen LogP contribution in [0, 0.1) is 46.3 Å². The second kappa shape index (κ2) is 11.2. The first kappa shape index (κ1) is 24.3. The van der Waals surface area contributed by atoms with E-state index in [1.54, 1.807) is 5.32 Å². The van der Waals surface area contributed by atoms with Gasteiger partial charge in [0.1, 0.15) is 0 Å². The molecule has 3 N–H and O–H groups in total. The van der Waals surface area contributed by atoms with Gasteiger partial charge in [0.2, 0.25) is 5.91 Å². The second-order valence-corrected chi connectivity index (χ2v) is 13.3. The van der Waals surface area contributed by atoms with Gasteiger partial charge in [-0.1, -0.05) is 20.8 Å². The van der Waals surface area contributed by atoms with Crippen molar-refractivity contribution in [3.8, 4) is 0 Å². The Morgan fingerprint density at radius 1 is 1.11 bits per heavy atom. The van der Waals surface area contributed by atoms with E-state index in [1.807, 2.05) is 0 Å². The van der Waals surface area contributed by atoms with Crippen LogP contribution in [0.5, 0.6) is 0 Å². The zero-order chi connectivity index (χ0) is 28.5. The topological polar surface area (TPSA) is 127 Å². The average Bonchev–Trinajstić information content (AvgIpc) is 3.14. The molecule has 0 saturated heterocycles. The Kier molecular flexibility index (Phi) is 7.78. The fraction of sp³-hybridized carbons (Fsp3) is 0.962. The first-order valence-corrected chi connectivity index (χ1v) is 14.4. The number of aliphatic hydroxyl groups excluding tert-OH is 2. The third-order valence-electron chi connectivity index (χ3n) is 10.6. The molecule has 10 atom stereocenters. The number of amides is 1. The monoisotopic (exact) mass is 525 g/mol. The molecular formula is C26H44NNaO6S. The Morgan fingerprint density at radius 3 is 2.46 bits per heavy atom. The van der Waals surface area contributed by atoms with Crippen molar-refractivity contribution in [3.63, 3.8) is 0 Å². The van der Waals surface area contributed by atoms with Crippen LogP contribution in [-0.4, -0.2) is 53.5 Å². The first-order valence-electron chi connectivity index (χ1n) is 15.0. The van der Waals surface area contributed by atoms with E-state index >= 15 is 0 Å². The molecular weight excluding hydrogens is 477 g/mol. The standard InChI is InChI=1S/C26H45NO6S.Na/c1-16(4-7-23(30)27-12-13-34(31,32)33)19-5-6-20-24-21(9-11-26(19,20)3)25(2)10-8-18(28)14-17(25)15-22(24)29;/h16-22,24,28-29H,4-15H2,1-3H3,(H,27,30)(H,31,32,33);/q;+1/p-1/t16-,17+,18-,19-,20+,21+,22-,24+,25+,26-;/m1./s1/i12D2,13D2;. The van der Waals surface area contributed by atoms with Gasteiger partial charge >= 0.3 is 29.6 Å². The molecule has 4 saturated carbocycles. The number of carbonyl (C=O) groups is 1. The van der Waals surface area contributed by atoms with Crippen molar-refractivity contribution in [2.24, 2.45) is 46.3 Å². The van der Waals surface area contributed by atoms with Crippen LogP contribution in [0.1, 0.15) is 90.5 Å². The molecule has 35 heavy (non-hydrogen) atoms. The van der Waals surface area contributed by atoms with Crippen molar-refractivity contribution in [1.29, 1.82) is 0 Å². The largest absolute Gasteiger partial charge is 1.00 e. The third-order valence-corrected chi connectivity index (χ3v) is 11.0. The summed E-state index contributed by atoms with van der Waals surface area (Å²) in [6.07, 6.45) is 7.13. The fourth-order valence-electron chi connectivity index (χ4n) is 8.96. The van der Waals surface area contributed by atoms with E-state index in [9.17, 15) is 28.0 Å². The maximum absolute atomic E-state index is 12.5. The number of hydrogen-bond acceptors (Lipinski definition) is 6. The molecule has 0 unspecified atom stereocenters. The van der Waals surface area contributed by atoms with E-state index in [1.165, 1.54) is 0 Å². The summed E-state index contributed by atoms with van der Waals surface area (Å²) in [4.78, 5) is 12.5. The maximum Gasteiger partial charge on any atom is 1.00 e. The predicted octanol–water partition coefficient (Wildman–Crippen LogP) is 0.0587. The number of aliphatic hydroxyl groups is 2. The molecule has 0 radical (unpaired) electrons. The molecule has 4 rings (SSSR count). The van der Waals surface area contributed by atoms with E-state index in [0.29, 0.717) is 30.1 Å². The Morgan fingerprint density at radius 2 is 1.77 bits per heavy atom. The van der Waals surface area contributed by atoms with Crippen molar-refractivity contribution in [2.45, 2.75) is 97.2 Å². The van der Waals surface area contributed by atoms with Gasteiger partial charge in [-0.3, -0.25) is 4.79 Å². The summed E-state index contributed by atoms with van der Waals surface area (Å²) < 4.78 is 63.6. The van der Waals surface area contributed by atoms with Crippen molar-refractivity contribution in [2.75, 3.05) is 12.2 Å². The third kappa shape index (κ3) is 5.99. The number of rotatable bonds is 7. The number of carbonyl (C=O) groups excluding carboxylic acids is 1. The average molecular weight is 526 g/mol. The maximum atomic E-state index is 12.5. The van der Waals surface area contributed by atoms with Crippen molar-refractivity contribution < 1.29 is 63.0 Å². The summed E-state index contributed by atoms with van der Waals surface area (Å²) in [6.45, 7) is 3.42. The van der Waals surface area contributed by atoms with Gasteiger partial charge in [-0.2, -0.15) is 0 Å². The van der Waals surface area contributed by atoms with Crippen LogP contribution in [-0.2, 0) is 14.9 Å². The van der Waals surface area contributed by atoms with Crippen LogP contribution in [0.3, 0.4) is 0 Å². The predicted molar refractivity (Wildman–Crippen MR) is 129 cm³/mol. The van der Waals surface area contributed by atoms with Gasteiger partial charge in [-0.15, -0.1) is 0 Å². The second-order valence-electron chi connectivity index (χ2n) is 12.2. The molecule has 0 bridgehead atoms. The van der Waals surface area contributed by atoms with Crippen LogP contribution in [0.2, 0.25) is 0 Å². The smallest absolute Gasteiger partial charge is 0.748 e. The van der Waals surface area contributed by atoms with Gasteiger partial charge in [0.05, 0.1) is 30.8 Å². The minimum absolute atomic E-state index is 0. The van der Waals surface area contributed by atoms with Gasteiger partial charge in [0, 0.05) is 15.7 Å². The molecule has 0 aliphatic heterocycles. The van der Waals surface area contributed by atoms with Crippen LogP contribution in [0.25, 0.3) is 0 Å². The molecule has 0 aromatic carbocycles. The van der Waals surface area contributed by atoms with E-state index in [-0.39, 0.29) is 70.9 Å². The number of nitrogens with one attached hydrogen (secondary N) is 1. The van der Waals surface area contributed by atoms with Gasteiger partial charge in [-0.25, -0.2) is 8.42 Å². The van der Waals surface area contributed by atoms with E-state index in [0.717, 1.165) is 51.4 Å². The molecule has 4 fully saturated rings. The van der Waals surface area contributed by atoms with Crippen LogP contribution in [0.15, 0.2) is 0 Å². The summed E-state index contributed by atoms with van der Waals surface area (Å²) in [5, 5.41) is 23.4. The summed E-state index contributed by atoms with van der Waals surface area (Å²) in [5.41, 5.74) is -3.63. The summed E-state index contributed by atoms with van der Waals surface area (Å²) in [7, 11) is -5.64. The van der Waals surface area contributed by atoms with Gasteiger partial charge in [0.25, 0.3) is 0 Å². The van der Waals surface area contributed by atoms with Gasteiger partial charge < -0.3 is 20.1 Å². The van der Waals surface area contributed by atoms with Crippen LogP contribution >= 0.6 is 0 Å². The Balaban J connectivity index is 0.00000420. The first-order chi connectivity index (χ1) is 17.3. The minimum atomic E-state index is -5.64. The number of fused-ring (bicyclic) bond motifs is 5. The summed E-state index contributed by atoms with van der Waals surface area (Å²) >= 11 is 0. The Hall–Kier alpha value is 0.300. The van der Waals surface area contributed by atoms with Gasteiger partial charge in [0.15, 0.2) is 0 Å². The normalized spacial score (nSPS) is 46.3. The molecule has 0 aromatic rings. The molecule has 0 heterocycles. The van der Waals surface area contributed by atoms with Crippen LogP contribution < -0.4 is 34.9 Å². The molecule has 4 aliphatic rings. The fourth-order valence-corrected chi connectivity index (χ4v) is 9.13. The zero-order valence-electron chi connectivity index (χ0n) is 25.6. The quantitative estimate of drug-likeness (QED) is 0.319. The van der Waals surface area contributed by atoms with Crippen LogP contribution in [0.4, 0.5) is 0 Å². The summed E-state index contributed by atoms with van der Waals surface area (Å²) in [6, 6.07) is 0. The van der Waals surface area contributed by atoms with E-state index < -0.39 is 28.2 Å². The van der Waals surface area contributed by atoms with Crippen molar-refractivity contribution in [1.82, 2.24) is 5.32 Å². The van der Waals surface area contributed by atoms with Crippen molar-refractivity contribution in [3.05, 3.63) is 0 Å². The summed E-state index contributed by atoms with van der Waals surface area (Å²) in [5.74, 6) is 1.00. The number of hydrogen-bond donors (Lipinski definition) is 3. The molecule has 4 aliphatic carbocycles. The van der Waals surface area contributed by atoms with E-state index in [4.69, 9.17) is 5.48 Å². The molecule has 0 aromatic heterocycles. The Labute approximate surface area is 239 Å². The minimum Gasteiger partial charge on any atom is -0.748 e. The molecule has 9 heteroatoms. The van der Waals surface area contributed by atoms with Gasteiger partial charge in [-0.05, 0) is 104 Å². The molecule has 7 nitrogen and oxygen atoms in total. The molecule has 1 amide bonds. The van der Waals surface area contributed by atoms with Crippen molar-refractivity contribution >= 4 is 16.0 Å². The Bertz CT molecular complexity index is 1030. The molecule has 196 valence electrons.